The molecule has 2 aromatic rings. The second-order valence-corrected chi connectivity index (χ2v) is 5.73. The lowest BCUT2D eigenvalue weighted by Crippen LogP contribution is -2.27. The van der Waals surface area contributed by atoms with Crippen molar-refractivity contribution in [3.05, 3.63) is 35.2 Å². The van der Waals surface area contributed by atoms with Gasteiger partial charge in [-0.3, -0.25) is 4.79 Å². The Morgan fingerprint density at radius 2 is 2.05 bits per heavy atom. The number of nitrogen functional groups attached to an aromatic ring is 1. The van der Waals surface area contributed by atoms with Crippen LogP contribution in [0.15, 0.2) is 30.3 Å². The molecule has 1 aromatic heterocycles. The zero-order chi connectivity index (χ0) is 13.8. The number of carbonyl (C=O) groups excluding carboxylic acids is 1. The third-order valence-electron chi connectivity index (χ3n) is 2.57. The van der Waals surface area contributed by atoms with Crippen molar-refractivity contribution in [3.63, 3.8) is 0 Å². The van der Waals surface area contributed by atoms with E-state index in [2.05, 4.69) is 24.1 Å². The summed E-state index contributed by atoms with van der Waals surface area (Å²) in [5, 5.41) is 3.31. The van der Waals surface area contributed by atoms with Crippen molar-refractivity contribution in [2.24, 2.45) is 5.92 Å². The number of rotatable bonds is 4. The molecule has 0 radical (unpaired) electrons. The second kappa shape index (κ2) is 5.84. The van der Waals surface area contributed by atoms with Gasteiger partial charge in [0, 0.05) is 12.1 Å². The summed E-state index contributed by atoms with van der Waals surface area (Å²) in [6, 6.07) is 9.61. The number of hydrogen-bond donors (Lipinski definition) is 2. The summed E-state index contributed by atoms with van der Waals surface area (Å²) in [5.41, 5.74) is 7.30. The number of benzene rings is 1. The van der Waals surface area contributed by atoms with Crippen LogP contribution in [0.25, 0.3) is 11.3 Å². The number of anilines is 1. The molecule has 1 amide bonds. The Balaban J connectivity index is 2.29. The van der Waals surface area contributed by atoms with E-state index in [4.69, 9.17) is 5.73 Å². The minimum absolute atomic E-state index is 0.109. The molecule has 0 saturated carbocycles. The van der Waals surface area contributed by atoms with Crippen molar-refractivity contribution in [3.8, 4) is 11.3 Å². The van der Waals surface area contributed by atoms with Crippen molar-refractivity contribution in [2.45, 2.75) is 13.8 Å². The summed E-state index contributed by atoms with van der Waals surface area (Å²) in [5.74, 6) is 0.302. The second-order valence-electron chi connectivity index (χ2n) is 4.70. The number of carbonyl (C=O) groups is 1. The van der Waals surface area contributed by atoms with Gasteiger partial charge in [0.25, 0.3) is 5.91 Å². The van der Waals surface area contributed by atoms with E-state index in [1.807, 2.05) is 30.3 Å². The van der Waals surface area contributed by atoms with Gasteiger partial charge in [0.1, 0.15) is 4.88 Å². The van der Waals surface area contributed by atoms with Crippen LogP contribution in [0.5, 0.6) is 0 Å². The maximum absolute atomic E-state index is 12.2. The lowest BCUT2D eigenvalue weighted by Gasteiger charge is -2.07. The van der Waals surface area contributed by atoms with Gasteiger partial charge in [-0.25, -0.2) is 4.98 Å². The van der Waals surface area contributed by atoms with E-state index in [1.54, 1.807) is 0 Å². The first-order valence-corrected chi connectivity index (χ1v) is 6.99. The Hall–Kier alpha value is -1.88. The van der Waals surface area contributed by atoms with Gasteiger partial charge < -0.3 is 11.1 Å². The van der Waals surface area contributed by atoms with Gasteiger partial charge in [-0.1, -0.05) is 55.5 Å². The van der Waals surface area contributed by atoms with Gasteiger partial charge >= 0.3 is 0 Å². The minimum atomic E-state index is -0.109. The average Bonchev–Trinajstić information content (AvgIpc) is 2.79. The van der Waals surface area contributed by atoms with E-state index in [-0.39, 0.29) is 5.91 Å². The van der Waals surface area contributed by atoms with E-state index in [0.29, 0.717) is 28.2 Å². The fourth-order valence-electron chi connectivity index (χ4n) is 1.66. The topological polar surface area (TPSA) is 68.0 Å². The number of aromatic nitrogens is 1. The van der Waals surface area contributed by atoms with E-state index >= 15 is 0 Å². The molecule has 0 bridgehead atoms. The highest BCUT2D eigenvalue weighted by molar-refractivity contribution is 7.17. The molecule has 0 unspecified atom stereocenters. The zero-order valence-electron chi connectivity index (χ0n) is 11.0. The maximum atomic E-state index is 12.2. The molecule has 100 valence electrons. The zero-order valence-corrected chi connectivity index (χ0v) is 11.8. The van der Waals surface area contributed by atoms with E-state index in [1.165, 1.54) is 11.3 Å². The molecule has 0 atom stereocenters. The molecule has 1 aromatic carbocycles. The molecule has 0 saturated heterocycles. The normalized spacial score (nSPS) is 10.7. The molecular formula is C14H17N3OS. The molecule has 0 aliphatic heterocycles. The molecule has 5 heteroatoms. The Morgan fingerprint density at radius 3 is 2.68 bits per heavy atom. The molecule has 19 heavy (non-hydrogen) atoms. The molecule has 0 aliphatic carbocycles. The highest BCUT2D eigenvalue weighted by Gasteiger charge is 2.18. The minimum Gasteiger partial charge on any atom is -0.375 e. The van der Waals surface area contributed by atoms with Crippen molar-refractivity contribution in [2.75, 3.05) is 12.3 Å². The predicted octanol–water partition coefficient (Wildman–Crippen LogP) is 2.78. The monoisotopic (exact) mass is 275 g/mol. The van der Waals surface area contributed by atoms with Crippen LogP contribution >= 0.6 is 11.3 Å². The highest BCUT2D eigenvalue weighted by Crippen LogP contribution is 2.29. The van der Waals surface area contributed by atoms with Gasteiger partial charge in [0.2, 0.25) is 0 Å². The van der Waals surface area contributed by atoms with Gasteiger partial charge in [-0.15, -0.1) is 0 Å². The third kappa shape index (κ3) is 3.32. The van der Waals surface area contributed by atoms with Gasteiger partial charge in [-0.05, 0) is 5.92 Å². The van der Waals surface area contributed by atoms with Crippen LogP contribution in [0.3, 0.4) is 0 Å². The van der Waals surface area contributed by atoms with Gasteiger partial charge in [0.05, 0.1) is 5.69 Å². The van der Waals surface area contributed by atoms with Crippen molar-refractivity contribution in [1.82, 2.24) is 10.3 Å². The van der Waals surface area contributed by atoms with Crippen LogP contribution in [0, 0.1) is 5.92 Å². The SMILES string of the molecule is CC(C)CNC(=O)c1sc(N)nc1-c1ccccc1. The number of nitrogens with two attached hydrogens (primary N) is 1. The molecular weight excluding hydrogens is 258 g/mol. The first kappa shape index (κ1) is 13.5. The highest BCUT2D eigenvalue weighted by atomic mass is 32.1. The van der Waals surface area contributed by atoms with Crippen molar-refractivity contribution < 1.29 is 4.79 Å². The van der Waals surface area contributed by atoms with E-state index in [0.717, 1.165) is 5.56 Å². The van der Waals surface area contributed by atoms with Crippen LogP contribution in [-0.4, -0.2) is 17.4 Å². The summed E-state index contributed by atoms with van der Waals surface area (Å²) in [7, 11) is 0. The van der Waals surface area contributed by atoms with Crippen LogP contribution in [0.2, 0.25) is 0 Å². The molecule has 0 spiro atoms. The summed E-state index contributed by atoms with van der Waals surface area (Å²) in [6.45, 7) is 4.75. The molecule has 0 fully saturated rings. The smallest absolute Gasteiger partial charge is 0.263 e. The Kier molecular flexibility index (Phi) is 4.16. The van der Waals surface area contributed by atoms with Gasteiger partial charge in [-0.2, -0.15) is 0 Å². The fraction of sp³-hybridized carbons (Fsp3) is 0.286. The standard InChI is InChI=1S/C14H17N3OS/c1-9(2)8-16-13(18)12-11(17-14(15)19-12)10-6-4-3-5-7-10/h3-7,9H,8H2,1-2H3,(H2,15,17)(H,16,18). The van der Waals surface area contributed by atoms with Crippen LogP contribution in [-0.2, 0) is 0 Å². The lowest BCUT2D eigenvalue weighted by molar-refractivity contribution is 0.0953. The number of nitrogens with one attached hydrogen (secondary N) is 1. The molecule has 2 rings (SSSR count). The number of amides is 1. The summed E-state index contributed by atoms with van der Waals surface area (Å²) >= 11 is 1.22. The van der Waals surface area contributed by atoms with Crippen molar-refractivity contribution >= 4 is 22.4 Å². The molecule has 0 aliphatic rings. The lowest BCUT2D eigenvalue weighted by atomic mass is 10.1. The van der Waals surface area contributed by atoms with E-state index in [9.17, 15) is 4.79 Å². The molecule has 3 N–H and O–H groups in total. The van der Waals surface area contributed by atoms with Crippen LogP contribution < -0.4 is 11.1 Å². The summed E-state index contributed by atoms with van der Waals surface area (Å²) in [6.07, 6.45) is 0. The summed E-state index contributed by atoms with van der Waals surface area (Å²) < 4.78 is 0. The first-order chi connectivity index (χ1) is 9.08. The molecule has 1 heterocycles. The maximum Gasteiger partial charge on any atom is 0.263 e. The average molecular weight is 275 g/mol. The van der Waals surface area contributed by atoms with Crippen LogP contribution in [0.4, 0.5) is 5.13 Å². The van der Waals surface area contributed by atoms with E-state index < -0.39 is 0 Å². The number of nitrogens with zero attached hydrogens (tertiary/aromatic N) is 1. The quantitative estimate of drug-likeness (QED) is 0.901. The van der Waals surface area contributed by atoms with Gasteiger partial charge in [0.15, 0.2) is 5.13 Å². The number of hydrogen-bond acceptors (Lipinski definition) is 4. The predicted molar refractivity (Wildman–Crippen MR) is 79.1 cm³/mol. The Bertz CT molecular complexity index is 563. The van der Waals surface area contributed by atoms with Crippen molar-refractivity contribution in [1.29, 1.82) is 0 Å². The Labute approximate surface area is 116 Å². The summed E-state index contributed by atoms with van der Waals surface area (Å²) in [4.78, 5) is 17.0. The first-order valence-electron chi connectivity index (χ1n) is 6.18. The van der Waals surface area contributed by atoms with Crippen LogP contribution in [0.1, 0.15) is 23.5 Å². The molecule has 4 nitrogen and oxygen atoms in total. The third-order valence-corrected chi connectivity index (χ3v) is 3.45. The Morgan fingerprint density at radius 1 is 1.37 bits per heavy atom. The fourth-order valence-corrected chi connectivity index (χ4v) is 2.43. The largest absolute Gasteiger partial charge is 0.375 e. The number of thiazole rings is 1.